The molecule has 2 unspecified atom stereocenters. The molecule has 3 heterocycles. The predicted octanol–water partition coefficient (Wildman–Crippen LogP) is 1.79. The molecule has 0 aliphatic carbocycles. The minimum Gasteiger partial charge on any atom is -0.367 e. The van der Waals surface area contributed by atoms with Crippen LogP contribution in [0.1, 0.15) is 31.4 Å². The Kier molecular flexibility index (Phi) is 3.86. The molecule has 0 spiro atoms. The minimum atomic E-state index is 0.0217. The number of rotatable bonds is 2. The van der Waals surface area contributed by atoms with Gasteiger partial charge in [-0.3, -0.25) is 4.79 Å². The average molecular weight is 280 g/mol. The van der Waals surface area contributed by atoms with E-state index in [0.29, 0.717) is 13.1 Å². The molecule has 2 fully saturated rings. The number of morpholine rings is 1. The van der Waals surface area contributed by atoms with E-state index in [4.69, 9.17) is 4.74 Å². The summed E-state index contributed by atoms with van der Waals surface area (Å²) in [6, 6.07) is 2.11. The molecule has 3 atom stereocenters. The summed E-state index contributed by atoms with van der Waals surface area (Å²) in [6.07, 6.45) is 2.20. The summed E-state index contributed by atoms with van der Waals surface area (Å²) in [5, 5.41) is 7.46. The van der Waals surface area contributed by atoms with E-state index in [2.05, 4.69) is 22.1 Å². The second-order valence-electron chi connectivity index (χ2n) is 5.38. The zero-order valence-corrected chi connectivity index (χ0v) is 12.0. The number of hydrogen-bond acceptors (Lipinski definition) is 4. The summed E-state index contributed by atoms with van der Waals surface area (Å²) in [7, 11) is 0. The van der Waals surface area contributed by atoms with Crippen molar-refractivity contribution in [2.45, 2.75) is 38.0 Å². The second kappa shape index (κ2) is 5.61. The summed E-state index contributed by atoms with van der Waals surface area (Å²) in [4.78, 5) is 14.4. The first kappa shape index (κ1) is 13.1. The van der Waals surface area contributed by atoms with Crippen LogP contribution in [0.15, 0.2) is 16.8 Å². The number of thiophene rings is 1. The van der Waals surface area contributed by atoms with Gasteiger partial charge in [0, 0.05) is 6.54 Å². The molecule has 2 aliphatic heterocycles. The van der Waals surface area contributed by atoms with E-state index < -0.39 is 0 Å². The lowest BCUT2D eigenvalue weighted by molar-refractivity contribution is -0.146. The fourth-order valence-corrected chi connectivity index (χ4v) is 3.59. The molecule has 1 aromatic rings. The normalized spacial score (nSPS) is 31.6. The summed E-state index contributed by atoms with van der Waals surface area (Å²) < 4.78 is 5.97. The molecule has 1 N–H and O–H groups in total. The van der Waals surface area contributed by atoms with E-state index in [1.807, 2.05) is 11.8 Å². The Labute approximate surface area is 117 Å². The van der Waals surface area contributed by atoms with E-state index in [-0.39, 0.29) is 24.2 Å². The molecule has 1 aromatic heterocycles. The van der Waals surface area contributed by atoms with Crippen LogP contribution in [0.2, 0.25) is 0 Å². The van der Waals surface area contributed by atoms with Gasteiger partial charge in [-0.1, -0.05) is 0 Å². The number of nitrogens with one attached hydrogen (secondary N) is 1. The highest BCUT2D eigenvalue weighted by atomic mass is 32.1. The molecular formula is C14H20N2O2S. The monoisotopic (exact) mass is 280 g/mol. The fraction of sp³-hybridized carbons (Fsp3) is 0.643. The Hall–Kier alpha value is -0.910. The fourth-order valence-electron chi connectivity index (χ4n) is 2.89. The number of amides is 1. The summed E-state index contributed by atoms with van der Waals surface area (Å²) in [5.41, 5.74) is 1.19. The van der Waals surface area contributed by atoms with Gasteiger partial charge in [0.15, 0.2) is 0 Å². The molecule has 0 bridgehead atoms. The Morgan fingerprint density at radius 1 is 1.53 bits per heavy atom. The molecule has 4 nitrogen and oxygen atoms in total. The lowest BCUT2D eigenvalue weighted by Crippen LogP contribution is -2.51. The van der Waals surface area contributed by atoms with Crippen molar-refractivity contribution in [2.75, 3.05) is 19.6 Å². The molecule has 2 saturated heterocycles. The van der Waals surface area contributed by atoms with Crippen LogP contribution < -0.4 is 5.32 Å². The van der Waals surface area contributed by atoms with Gasteiger partial charge < -0.3 is 15.0 Å². The lowest BCUT2D eigenvalue weighted by Gasteiger charge is -2.37. The first-order valence-electron chi connectivity index (χ1n) is 6.94. The van der Waals surface area contributed by atoms with Gasteiger partial charge in [-0.15, -0.1) is 0 Å². The van der Waals surface area contributed by atoms with Crippen molar-refractivity contribution in [1.29, 1.82) is 0 Å². The third-order valence-electron chi connectivity index (χ3n) is 3.85. The molecule has 0 radical (unpaired) electrons. The minimum absolute atomic E-state index is 0.0217. The van der Waals surface area contributed by atoms with Gasteiger partial charge in [0.1, 0.15) is 6.10 Å². The van der Waals surface area contributed by atoms with Crippen molar-refractivity contribution >= 4 is 17.2 Å². The molecule has 1 amide bonds. The lowest BCUT2D eigenvalue weighted by atomic mass is 10.1. The van der Waals surface area contributed by atoms with Crippen molar-refractivity contribution in [2.24, 2.45) is 0 Å². The predicted molar refractivity (Wildman–Crippen MR) is 75.2 cm³/mol. The second-order valence-corrected chi connectivity index (χ2v) is 6.16. The van der Waals surface area contributed by atoms with Crippen molar-refractivity contribution in [3.63, 3.8) is 0 Å². The van der Waals surface area contributed by atoms with Gasteiger partial charge in [-0.2, -0.15) is 11.3 Å². The van der Waals surface area contributed by atoms with Gasteiger partial charge in [0.25, 0.3) is 0 Å². The Balaban J connectivity index is 1.69. The summed E-state index contributed by atoms with van der Waals surface area (Å²) >= 11 is 1.67. The van der Waals surface area contributed by atoms with E-state index in [1.165, 1.54) is 5.56 Å². The van der Waals surface area contributed by atoms with Crippen molar-refractivity contribution in [3.8, 4) is 0 Å². The Morgan fingerprint density at radius 2 is 2.42 bits per heavy atom. The van der Waals surface area contributed by atoms with Crippen LogP contribution in [0.4, 0.5) is 0 Å². The van der Waals surface area contributed by atoms with Crippen LogP contribution in [-0.2, 0) is 9.53 Å². The van der Waals surface area contributed by atoms with Crippen LogP contribution >= 0.6 is 11.3 Å². The van der Waals surface area contributed by atoms with Gasteiger partial charge >= 0.3 is 0 Å². The van der Waals surface area contributed by atoms with Crippen LogP contribution in [0.3, 0.4) is 0 Å². The summed E-state index contributed by atoms with van der Waals surface area (Å²) in [6.45, 7) is 4.39. The largest absolute Gasteiger partial charge is 0.367 e. The SMILES string of the molecule is CC1CN(C(=O)[C@@H]2CCCN2)CC(c2ccsc2)O1. The molecule has 0 aromatic carbocycles. The summed E-state index contributed by atoms with van der Waals surface area (Å²) in [5.74, 6) is 0.243. The average Bonchev–Trinajstić information content (AvgIpc) is 3.10. The van der Waals surface area contributed by atoms with Gasteiger partial charge in [0.05, 0.1) is 18.7 Å². The maximum absolute atomic E-state index is 12.5. The van der Waals surface area contributed by atoms with Crippen LogP contribution in [0.25, 0.3) is 0 Å². The van der Waals surface area contributed by atoms with E-state index >= 15 is 0 Å². The maximum Gasteiger partial charge on any atom is 0.239 e. The first-order valence-corrected chi connectivity index (χ1v) is 7.88. The molecule has 104 valence electrons. The standard InChI is InChI=1S/C14H20N2O2S/c1-10-7-16(14(17)12-3-2-5-15-12)8-13(18-10)11-4-6-19-9-11/h4,6,9-10,12-13,15H,2-3,5,7-8H2,1H3/t10?,12-,13?/m0/s1. The van der Waals surface area contributed by atoms with Crippen molar-refractivity contribution in [3.05, 3.63) is 22.4 Å². The number of nitrogens with zero attached hydrogens (tertiary/aromatic N) is 1. The quantitative estimate of drug-likeness (QED) is 0.898. The number of ether oxygens (including phenoxy) is 1. The van der Waals surface area contributed by atoms with Gasteiger partial charge in [0.2, 0.25) is 5.91 Å². The smallest absolute Gasteiger partial charge is 0.239 e. The molecular weight excluding hydrogens is 260 g/mol. The molecule has 0 saturated carbocycles. The number of carbonyl (C=O) groups is 1. The number of hydrogen-bond donors (Lipinski definition) is 1. The highest BCUT2D eigenvalue weighted by Gasteiger charge is 2.33. The van der Waals surface area contributed by atoms with Crippen molar-refractivity contribution < 1.29 is 9.53 Å². The Morgan fingerprint density at radius 3 is 3.11 bits per heavy atom. The van der Waals surface area contributed by atoms with Crippen LogP contribution in [0.5, 0.6) is 0 Å². The topological polar surface area (TPSA) is 41.6 Å². The third-order valence-corrected chi connectivity index (χ3v) is 4.55. The van der Waals surface area contributed by atoms with Gasteiger partial charge in [-0.25, -0.2) is 0 Å². The Bertz CT molecular complexity index is 429. The zero-order chi connectivity index (χ0) is 13.2. The van der Waals surface area contributed by atoms with E-state index in [9.17, 15) is 4.79 Å². The molecule has 2 aliphatic rings. The molecule has 3 rings (SSSR count). The first-order chi connectivity index (χ1) is 9.24. The maximum atomic E-state index is 12.5. The molecule has 5 heteroatoms. The van der Waals surface area contributed by atoms with E-state index in [0.717, 1.165) is 19.4 Å². The molecule has 19 heavy (non-hydrogen) atoms. The van der Waals surface area contributed by atoms with Crippen LogP contribution in [-0.4, -0.2) is 42.6 Å². The van der Waals surface area contributed by atoms with Gasteiger partial charge in [-0.05, 0) is 48.7 Å². The highest BCUT2D eigenvalue weighted by Crippen LogP contribution is 2.27. The zero-order valence-electron chi connectivity index (χ0n) is 11.2. The highest BCUT2D eigenvalue weighted by molar-refractivity contribution is 7.07. The third kappa shape index (κ3) is 2.83. The number of carbonyl (C=O) groups excluding carboxylic acids is 1. The van der Waals surface area contributed by atoms with E-state index in [1.54, 1.807) is 11.3 Å². The van der Waals surface area contributed by atoms with Crippen molar-refractivity contribution in [1.82, 2.24) is 10.2 Å². The van der Waals surface area contributed by atoms with Crippen LogP contribution in [0, 0.1) is 0 Å².